The number of thiophene rings is 1. The second kappa shape index (κ2) is 9.26. The van der Waals surface area contributed by atoms with Gasteiger partial charge in [0.1, 0.15) is 11.6 Å². The summed E-state index contributed by atoms with van der Waals surface area (Å²) in [6.07, 6.45) is 10.8. The van der Waals surface area contributed by atoms with Gasteiger partial charge in [0.15, 0.2) is 0 Å². The van der Waals surface area contributed by atoms with Crippen LogP contribution in [0.25, 0.3) is 0 Å². The molecular weight excluding hydrogens is 478 g/mol. The molecule has 1 saturated carbocycles. The molecule has 1 spiro atoms. The van der Waals surface area contributed by atoms with Crippen LogP contribution in [0.1, 0.15) is 56.7 Å². The molecule has 0 unspecified atom stereocenters. The zero-order valence-electron chi connectivity index (χ0n) is 20.7. The van der Waals surface area contributed by atoms with Crippen molar-refractivity contribution >= 4 is 29.1 Å². The van der Waals surface area contributed by atoms with E-state index < -0.39 is 29.1 Å². The first-order chi connectivity index (χ1) is 17.4. The van der Waals surface area contributed by atoms with Crippen molar-refractivity contribution in [3.05, 3.63) is 34.5 Å². The molecule has 5 aliphatic rings. The fraction of sp³-hybridized carbons (Fsp3) is 0.667. The first kappa shape index (κ1) is 24.1. The molecule has 3 amide bonds. The Labute approximate surface area is 215 Å². The van der Waals surface area contributed by atoms with E-state index in [-0.39, 0.29) is 29.9 Å². The number of likely N-dealkylation sites (tertiary alicyclic amines) is 1. The number of rotatable bonds is 7. The van der Waals surface area contributed by atoms with Crippen molar-refractivity contribution in [3.63, 3.8) is 0 Å². The fourth-order valence-corrected chi connectivity index (χ4v) is 7.70. The SMILES string of the molecule is C[C@@]12C=C[C@@]3(O1)[C@H](C(=O)N(C[C@@H]1CCCO1)[C@@H]3C(=O)NC1CCCCC1)[C@H]2C(=O)NCc1cccs1. The van der Waals surface area contributed by atoms with Crippen LogP contribution >= 0.6 is 11.3 Å². The Hall–Kier alpha value is -2.23. The van der Waals surface area contributed by atoms with Gasteiger partial charge in [-0.15, -0.1) is 11.3 Å². The predicted molar refractivity (Wildman–Crippen MR) is 134 cm³/mol. The lowest BCUT2D eigenvalue weighted by atomic mass is 9.70. The Bertz CT molecular complexity index is 1050. The molecule has 4 aliphatic heterocycles. The van der Waals surface area contributed by atoms with Gasteiger partial charge in [-0.25, -0.2) is 0 Å². The first-order valence-electron chi connectivity index (χ1n) is 13.3. The van der Waals surface area contributed by atoms with Crippen molar-refractivity contribution in [2.75, 3.05) is 13.2 Å². The molecule has 2 N–H and O–H groups in total. The van der Waals surface area contributed by atoms with Crippen molar-refractivity contribution in [2.24, 2.45) is 11.8 Å². The second-order valence-electron chi connectivity index (χ2n) is 11.1. The molecule has 9 heteroatoms. The van der Waals surface area contributed by atoms with Crippen molar-refractivity contribution < 1.29 is 23.9 Å². The van der Waals surface area contributed by atoms with Crippen LogP contribution in [0.4, 0.5) is 0 Å². The molecule has 1 aromatic rings. The zero-order chi connectivity index (χ0) is 24.9. The summed E-state index contributed by atoms with van der Waals surface area (Å²) in [5.74, 6) is -2.00. The molecule has 2 bridgehead atoms. The summed E-state index contributed by atoms with van der Waals surface area (Å²) in [6.45, 7) is 3.28. The molecule has 4 fully saturated rings. The van der Waals surface area contributed by atoms with Crippen LogP contribution in [-0.2, 0) is 30.4 Å². The summed E-state index contributed by atoms with van der Waals surface area (Å²) in [6, 6.07) is 3.23. The predicted octanol–water partition coefficient (Wildman–Crippen LogP) is 2.53. The topological polar surface area (TPSA) is 97.0 Å². The van der Waals surface area contributed by atoms with Crippen molar-refractivity contribution in [1.29, 1.82) is 0 Å². The summed E-state index contributed by atoms with van der Waals surface area (Å²) in [5, 5.41) is 8.24. The highest BCUT2D eigenvalue weighted by Crippen LogP contribution is 2.59. The van der Waals surface area contributed by atoms with Crippen LogP contribution in [0.2, 0.25) is 0 Å². The highest BCUT2D eigenvalue weighted by Gasteiger charge is 2.76. The Morgan fingerprint density at radius 2 is 1.97 bits per heavy atom. The van der Waals surface area contributed by atoms with Crippen molar-refractivity contribution in [3.8, 4) is 0 Å². The lowest BCUT2D eigenvalue weighted by Gasteiger charge is -2.35. The standard InChI is InChI=1S/C27H35N3O5S/c1-26-11-12-27(35-26)21(20(26)23(31)28-15-19-10-6-14-36-19)25(33)30(16-18-9-5-13-34-18)22(27)24(32)29-17-7-3-2-4-8-17/h6,10-12,14,17-18,20-22H,2-5,7-9,13,15-16H2,1H3,(H,28,31)(H,29,32)/t18-,20-,21-,22+,26-,27+/m0/s1. The summed E-state index contributed by atoms with van der Waals surface area (Å²) in [7, 11) is 0. The minimum atomic E-state index is -1.14. The molecule has 8 nitrogen and oxygen atoms in total. The molecular formula is C27H35N3O5S. The lowest BCUT2D eigenvalue weighted by molar-refractivity contribution is -0.146. The normalized spacial score (nSPS) is 37.5. The molecule has 6 atom stereocenters. The summed E-state index contributed by atoms with van der Waals surface area (Å²) in [4.78, 5) is 44.2. The van der Waals surface area contributed by atoms with Gasteiger partial charge in [0.05, 0.1) is 30.1 Å². The van der Waals surface area contributed by atoms with E-state index in [1.165, 1.54) is 6.42 Å². The number of amides is 3. The zero-order valence-corrected chi connectivity index (χ0v) is 21.6. The summed E-state index contributed by atoms with van der Waals surface area (Å²) >= 11 is 1.58. The molecule has 0 radical (unpaired) electrons. The third-order valence-corrected chi connectivity index (χ3v) is 9.60. The summed E-state index contributed by atoms with van der Waals surface area (Å²) in [5.41, 5.74) is -2.08. The van der Waals surface area contributed by atoms with E-state index in [0.717, 1.165) is 43.4 Å². The number of hydrogen-bond acceptors (Lipinski definition) is 6. The monoisotopic (exact) mass is 513 g/mol. The molecule has 1 aromatic heterocycles. The van der Waals surface area contributed by atoms with E-state index in [2.05, 4.69) is 10.6 Å². The van der Waals surface area contributed by atoms with Crippen LogP contribution in [0.3, 0.4) is 0 Å². The summed E-state index contributed by atoms with van der Waals surface area (Å²) < 4.78 is 12.4. The molecule has 0 aromatic carbocycles. The van der Waals surface area contributed by atoms with Crippen LogP contribution in [0.5, 0.6) is 0 Å². The number of nitrogens with zero attached hydrogens (tertiary/aromatic N) is 1. The number of nitrogens with one attached hydrogen (secondary N) is 2. The third-order valence-electron chi connectivity index (χ3n) is 8.72. The Kier molecular flexibility index (Phi) is 6.20. The molecule has 1 aliphatic carbocycles. The van der Waals surface area contributed by atoms with Crippen molar-refractivity contribution in [2.45, 2.75) is 87.8 Å². The maximum Gasteiger partial charge on any atom is 0.246 e. The number of fused-ring (bicyclic) bond motifs is 1. The van der Waals surface area contributed by atoms with E-state index in [1.807, 2.05) is 36.6 Å². The van der Waals surface area contributed by atoms with E-state index in [4.69, 9.17) is 9.47 Å². The van der Waals surface area contributed by atoms with Gasteiger partial charge in [-0.3, -0.25) is 14.4 Å². The average Bonchev–Trinajstić information content (AvgIpc) is 3.67. The van der Waals surface area contributed by atoms with E-state index >= 15 is 0 Å². The molecule has 36 heavy (non-hydrogen) atoms. The fourth-order valence-electron chi connectivity index (χ4n) is 7.06. The van der Waals surface area contributed by atoms with E-state index in [1.54, 1.807) is 16.2 Å². The number of hydrogen-bond donors (Lipinski definition) is 2. The van der Waals surface area contributed by atoms with Crippen LogP contribution in [-0.4, -0.2) is 65.2 Å². The minimum absolute atomic E-state index is 0.1000. The Morgan fingerprint density at radius 3 is 2.69 bits per heavy atom. The first-order valence-corrected chi connectivity index (χ1v) is 14.2. The average molecular weight is 514 g/mol. The van der Waals surface area contributed by atoms with Crippen LogP contribution < -0.4 is 10.6 Å². The van der Waals surface area contributed by atoms with Gasteiger partial charge in [0, 0.05) is 24.1 Å². The highest BCUT2D eigenvalue weighted by atomic mass is 32.1. The number of carbonyl (C=O) groups is 3. The van der Waals surface area contributed by atoms with Crippen LogP contribution in [0, 0.1) is 11.8 Å². The van der Waals surface area contributed by atoms with Crippen molar-refractivity contribution in [1.82, 2.24) is 15.5 Å². The second-order valence-corrected chi connectivity index (χ2v) is 12.1. The minimum Gasteiger partial charge on any atom is -0.376 e. The highest BCUT2D eigenvalue weighted by molar-refractivity contribution is 7.09. The molecule has 3 saturated heterocycles. The largest absolute Gasteiger partial charge is 0.376 e. The lowest BCUT2D eigenvalue weighted by Crippen LogP contribution is -2.57. The number of ether oxygens (including phenoxy) is 2. The van der Waals surface area contributed by atoms with Gasteiger partial charge in [-0.05, 0) is 44.1 Å². The van der Waals surface area contributed by atoms with E-state index in [0.29, 0.717) is 19.7 Å². The van der Waals surface area contributed by atoms with Gasteiger partial charge < -0.3 is 25.0 Å². The molecule has 6 rings (SSSR count). The van der Waals surface area contributed by atoms with Gasteiger partial charge in [-0.2, -0.15) is 0 Å². The third kappa shape index (κ3) is 3.90. The smallest absolute Gasteiger partial charge is 0.246 e. The Balaban J connectivity index is 1.30. The van der Waals surface area contributed by atoms with Crippen LogP contribution in [0.15, 0.2) is 29.7 Å². The maximum atomic E-state index is 14.1. The number of carbonyl (C=O) groups excluding carboxylic acids is 3. The van der Waals surface area contributed by atoms with E-state index in [9.17, 15) is 14.4 Å². The van der Waals surface area contributed by atoms with Gasteiger partial charge in [0.2, 0.25) is 17.7 Å². The van der Waals surface area contributed by atoms with Gasteiger partial charge in [0.25, 0.3) is 0 Å². The Morgan fingerprint density at radius 1 is 1.14 bits per heavy atom. The molecule has 194 valence electrons. The maximum absolute atomic E-state index is 14.1. The van der Waals surface area contributed by atoms with Gasteiger partial charge in [-0.1, -0.05) is 37.5 Å². The molecule has 5 heterocycles. The quantitative estimate of drug-likeness (QED) is 0.547. The van der Waals surface area contributed by atoms with Gasteiger partial charge >= 0.3 is 0 Å².